The van der Waals surface area contributed by atoms with E-state index in [9.17, 15) is 21.6 Å². The minimum Gasteiger partial charge on any atom is -0.466 e. The molecule has 55 heavy (non-hydrogen) atoms. The van der Waals surface area contributed by atoms with Crippen molar-refractivity contribution in [2.75, 3.05) is 18.9 Å². The molecule has 0 spiro atoms. The van der Waals surface area contributed by atoms with Crippen molar-refractivity contribution in [1.82, 2.24) is 9.29 Å². The van der Waals surface area contributed by atoms with E-state index in [0.717, 1.165) is 38.9 Å². The number of hydrogen-bond donors (Lipinski definition) is 1. The zero-order chi connectivity index (χ0) is 39.0. The summed E-state index contributed by atoms with van der Waals surface area (Å²) in [5, 5.41) is 1.66. The number of aromatic nitrogens is 1. The van der Waals surface area contributed by atoms with E-state index in [0.29, 0.717) is 28.6 Å². The van der Waals surface area contributed by atoms with Crippen LogP contribution in [0.3, 0.4) is 0 Å². The molecule has 0 amide bonds. The highest BCUT2D eigenvalue weighted by atomic mass is 35.5. The van der Waals surface area contributed by atoms with Gasteiger partial charge in [-0.15, -0.1) is 0 Å². The molecular formula is C43H42Cl2N2O6S2. The highest BCUT2D eigenvalue weighted by Crippen LogP contribution is 2.38. The number of fused-ring (bicyclic) bond motifs is 1. The molecule has 12 heteroatoms. The smallest absolute Gasteiger partial charge is 0.306 e. The second-order valence-electron chi connectivity index (χ2n) is 13.2. The average Bonchev–Trinajstić information content (AvgIpc) is 3.46. The molecule has 0 aliphatic heterocycles. The molecule has 0 atom stereocenters. The lowest BCUT2D eigenvalue weighted by molar-refractivity contribution is -0.143. The van der Waals surface area contributed by atoms with Crippen molar-refractivity contribution in [1.29, 1.82) is 0 Å². The summed E-state index contributed by atoms with van der Waals surface area (Å²) < 4.78 is 64.5. The Morgan fingerprint density at radius 3 is 2.04 bits per heavy atom. The van der Waals surface area contributed by atoms with Gasteiger partial charge in [-0.25, -0.2) is 21.6 Å². The van der Waals surface area contributed by atoms with Gasteiger partial charge in [0.1, 0.15) is 0 Å². The van der Waals surface area contributed by atoms with Gasteiger partial charge in [-0.3, -0.25) is 4.79 Å². The molecule has 6 aromatic rings. The number of ether oxygens (including phenoxy) is 1. The molecule has 0 unspecified atom stereocenters. The molecule has 8 nitrogen and oxygen atoms in total. The molecular weight excluding hydrogens is 776 g/mol. The van der Waals surface area contributed by atoms with E-state index in [1.165, 1.54) is 0 Å². The molecule has 286 valence electrons. The first-order valence-corrected chi connectivity index (χ1v) is 22.1. The Kier molecular flexibility index (Phi) is 13.2. The van der Waals surface area contributed by atoms with Crippen molar-refractivity contribution in [3.8, 4) is 0 Å². The fraction of sp³-hybridized carbons (Fsp3) is 0.233. The monoisotopic (exact) mass is 816 g/mol. The molecule has 1 heterocycles. The zero-order valence-corrected chi connectivity index (χ0v) is 33.5. The Labute approximate surface area is 333 Å². The first-order valence-electron chi connectivity index (χ1n) is 18.0. The lowest BCUT2D eigenvalue weighted by Crippen LogP contribution is -2.28. The molecule has 0 saturated heterocycles. The normalized spacial score (nSPS) is 12.0. The molecule has 0 radical (unpaired) electrons. The number of aryl methyl sites for hydroxylation is 2. The van der Waals surface area contributed by atoms with Gasteiger partial charge in [-0.1, -0.05) is 114 Å². The molecule has 1 aromatic heterocycles. The lowest BCUT2D eigenvalue weighted by atomic mass is 9.97. The number of halogens is 2. The number of carbonyl (C=O) groups is 1. The maximum Gasteiger partial charge on any atom is 0.306 e. The van der Waals surface area contributed by atoms with E-state index in [-0.39, 0.29) is 54.2 Å². The Hall–Kier alpha value is -4.45. The van der Waals surface area contributed by atoms with Crippen molar-refractivity contribution >= 4 is 59.9 Å². The van der Waals surface area contributed by atoms with Crippen molar-refractivity contribution < 1.29 is 26.4 Å². The van der Waals surface area contributed by atoms with Crippen molar-refractivity contribution in [2.24, 2.45) is 0 Å². The second-order valence-corrected chi connectivity index (χ2v) is 18.0. The van der Waals surface area contributed by atoms with Crippen molar-refractivity contribution in [2.45, 2.75) is 49.3 Å². The minimum absolute atomic E-state index is 0.0557. The number of nitrogens with zero attached hydrogens (tertiary/aromatic N) is 1. The maximum atomic E-state index is 13.9. The van der Waals surface area contributed by atoms with Crippen molar-refractivity contribution in [3.63, 3.8) is 0 Å². The summed E-state index contributed by atoms with van der Waals surface area (Å²) in [4.78, 5) is 12.0. The van der Waals surface area contributed by atoms with Crippen LogP contribution < -0.4 is 4.72 Å². The molecule has 6 rings (SSSR count). The van der Waals surface area contributed by atoms with Crippen LogP contribution in [0.4, 0.5) is 0 Å². The summed E-state index contributed by atoms with van der Waals surface area (Å²) >= 11 is 12.9. The molecule has 0 bridgehead atoms. The fourth-order valence-electron chi connectivity index (χ4n) is 6.91. The van der Waals surface area contributed by atoms with Gasteiger partial charge in [0, 0.05) is 46.0 Å². The predicted octanol–water partition coefficient (Wildman–Crippen LogP) is 8.76. The SMILES string of the molecule is CCOC(=O)CCc1ccc(S(=O)(=O)CCc2c(CCNS(=O)(=O)Cc3ccccc3Cl)n(C(c3ccccc3)c3ccccc3)c3ccc(Cl)cc23)cc1. The summed E-state index contributed by atoms with van der Waals surface area (Å²) in [6.45, 7) is 2.12. The number of sulfonamides is 1. The number of sulfone groups is 1. The van der Waals surface area contributed by atoms with Crippen LogP contribution in [0.1, 0.15) is 52.9 Å². The van der Waals surface area contributed by atoms with E-state index in [2.05, 4.69) is 33.6 Å². The third-order valence-electron chi connectivity index (χ3n) is 9.48. The quantitative estimate of drug-likeness (QED) is 0.0923. The van der Waals surface area contributed by atoms with Crippen LogP contribution in [0.2, 0.25) is 10.0 Å². The molecule has 1 N–H and O–H groups in total. The van der Waals surface area contributed by atoms with Crippen LogP contribution in [-0.2, 0) is 54.4 Å². The highest BCUT2D eigenvalue weighted by Gasteiger charge is 2.27. The Balaban J connectivity index is 1.39. The Morgan fingerprint density at radius 2 is 1.40 bits per heavy atom. The molecule has 0 saturated carbocycles. The van der Waals surface area contributed by atoms with Crippen LogP contribution in [0, 0.1) is 0 Å². The first-order chi connectivity index (χ1) is 26.5. The standard InChI is InChI=1S/C43H42Cl2N2O6S2/c1-2-53-42(48)24-19-31-17-21-36(22-18-31)54(49,50)28-26-37-38-29-35(44)20-23-40(38)47(43(32-11-5-3-6-12-32)33-13-7-4-8-14-33)41(37)25-27-46-55(51,52)30-34-15-9-10-16-39(34)45/h3-18,20-23,29,43,46H,2,19,24-28,30H2,1H3. The number of benzene rings is 5. The molecule has 0 aliphatic rings. The summed E-state index contributed by atoms with van der Waals surface area (Å²) in [5.74, 6) is -0.786. The highest BCUT2D eigenvalue weighted by molar-refractivity contribution is 7.91. The van der Waals surface area contributed by atoms with E-state index < -0.39 is 19.9 Å². The number of hydrogen-bond acceptors (Lipinski definition) is 6. The topological polar surface area (TPSA) is 112 Å². The summed E-state index contributed by atoms with van der Waals surface area (Å²) in [6.07, 6.45) is 1.05. The van der Waals surface area contributed by atoms with Crippen LogP contribution in [-0.4, -0.2) is 46.3 Å². The maximum absolute atomic E-state index is 13.9. The van der Waals surface area contributed by atoms with Gasteiger partial charge in [0.15, 0.2) is 9.84 Å². The third kappa shape index (κ3) is 10.1. The third-order valence-corrected chi connectivity index (χ3v) is 13.2. The van der Waals surface area contributed by atoms with Crippen LogP contribution >= 0.6 is 23.2 Å². The van der Waals surface area contributed by atoms with Gasteiger partial charge in [-0.2, -0.15) is 0 Å². The summed E-state index contributed by atoms with van der Waals surface area (Å²) in [5.41, 5.74) is 5.73. The van der Waals surface area contributed by atoms with Gasteiger partial charge >= 0.3 is 5.97 Å². The average molecular weight is 818 g/mol. The van der Waals surface area contributed by atoms with Crippen LogP contribution in [0.25, 0.3) is 10.9 Å². The molecule has 0 fully saturated rings. The summed E-state index contributed by atoms with van der Waals surface area (Å²) in [7, 11) is -7.55. The summed E-state index contributed by atoms with van der Waals surface area (Å²) in [6, 6.07) is 38.7. The largest absolute Gasteiger partial charge is 0.466 e. The lowest BCUT2D eigenvalue weighted by Gasteiger charge is -2.25. The Bertz CT molecular complexity index is 2430. The second kappa shape index (κ2) is 18.0. The number of carbonyl (C=O) groups excluding carboxylic acids is 1. The van der Waals surface area contributed by atoms with Gasteiger partial charge < -0.3 is 9.30 Å². The van der Waals surface area contributed by atoms with E-state index in [4.69, 9.17) is 27.9 Å². The number of esters is 1. The van der Waals surface area contributed by atoms with E-state index in [1.54, 1.807) is 55.5 Å². The number of nitrogens with one attached hydrogen (secondary N) is 1. The van der Waals surface area contributed by atoms with Crippen molar-refractivity contribution in [3.05, 3.63) is 171 Å². The van der Waals surface area contributed by atoms with Gasteiger partial charge in [-0.05, 0) is 84.0 Å². The molecule has 0 aliphatic carbocycles. The molecule has 5 aromatic carbocycles. The predicted molar refractivity (Wildman–Crippen MR) is 220 cm³/mol. The zero-order valence-electron chi connectivity index (χ0n) is 30.3. The fourth-order valence-corrected chi connectivity index (χ4v) is 9.80. The van der Waals surface area contributed by atoms with Crippen LogP contribution in [0.5, 0.6) is 0 Å². The van der Waals surface area contributed by atoms with E-state index in [1.807, 2.05) is 54.6 Å². The first kappa shape index (κ1) is 40.2. The van der Waals surface area contributed by atoms with E-state index >= 15 is 0 Å². The van der Waals surface area contributed by atoms with Gasteiger partial charge in [0.05, 0.1) is 29.0 Å². The Morgan fingerprint density at radius 1 is 0.764 bits per heavy atom. The van der Waals surface area contributed by atoms with Gasteiger partial charge in [0.25, 0.3) is 0 Å². The van der Waals surface area contributed by atoms with Crippen LogP contribution in [0.15, 0.2) is 132 Å². The number of rotatable bonds is 17. The van der Waals surface area contributed by atoms with Gasteiger partial charge in [0.2, 0.25) is 10.0 Å². The minimum atomic E-state index is -3.79.